The zero-order chi connectivity index (χ0) is 17.9. The lowest BCUT2D eigenvalue weighted by Crippen LogP contribution is -2.42. The molecule has 0 aromatic heterocycles. The molecular formula is C20H33IN4O. The van der Waals surface area contributed by atoms with Gasteiger partial charge in [0.1, 0.15) is 12.4 Å². The van der Waals surface area contributed by atoms with E-state index in [2.05, 4.69) is 40.2 Å². The molecule has 0 bridgehead atoms. The maximum atomic E-state index is 5.70. The summed E-state index contributed by atoms with van der Waals surface area (Å²) in [5.41, 5.74) is 1.11. The van der Waals surface area contributed by atoms with Gasteiger partial charge >= 0.3 is 0 Å². The van der Waals surface area contributed by atoms with Crippen LogP contribution in [0.3, 0.4) is 0 Å². The van der Waals surface area contributed by atoms with Gasteiger partial charge in [0, 0.05) is 38.3 Å². The second kappa shape index (κ2) is 13.0. The molecule has 0 heterocycles. The monoisotopic (exact) mass is 472 g/mol. The van der Waals surface area contributed by atoms with Crippen molar-refractivity contribution in [1.82, 2.24) is 15.5 Å². The SMILES string of the molecule is C=CCOc1ccccc1CNC(=NC)NCCN(C)C1CCCC1.I. The highest BCUT2D eigenvalue weighted by atomic mass is 127. The van der Waals surface area contributed by atoms with Gasteiger partial charge in [-0.15, -0.1) is 24.0 Å². The average Bonchev–Trinajstić information content (AvgIpc) is 3.18. The molecule has 1 aliphatic carbocycles. The van der Waals surface area contributed by atoms with Gasteiger partial charge in [-0.2, -0.15) is 0 Å². The third-order valence-electron chi connectivity index (χ3n) is 4.70. The van der Waals surface area contributed by atoms with Crippen LogP contribution in [-0.4, -0.2) is 50.7 Å². The molecule has 0 radical (unpaired) electrons. The van der Waals surface area contributed by atoms with Crippen LogP contribution in [0.25, 0.3) is 0 Å². The number of hydrogen-bond donors (Lipinski definition) is 2. The highest BCUT2D eigenvalue weighted by Gasteiger charge is 2.18. The van der Waals surface area contributed by atoms with E-state index in [0.29, 0.717) is 13.2 Å². The Morgan fingerprint density at radius 1 is 1.31 bits per heavy atom. The first-order chi connectivity index (χ1) is 12.2. The van der Waals surface area contributed by atoms with Gasteiger partial charge < -0.3 is 20.3 Å². The van der Waals surface area contributed by atoms with Gasteiger partial charge in [0.05, 0.1) is 0 Å². The van der Waals surface area contributed by atoms with Crippen LogP contribution in [-0.2, 0) is 6.54 Å². The number of benzene rings is 1. The number of aliphatic imine (C=N–C) groups is 1. The molecular weight excluding hydrogens is 439 g/mol. The zero-order valence-corrected chi connectivity index (χ0v) is 18.4. The molecule has 146 valence electrons. The maximum absolute atomic E-state index is 5.70. The molecule has 1 aromatic carbocycles. The first-order valence-corrected chi connectivity index (χ1v) is 9.21. The summed E-state index contributed by atoms with van der Waals surface area (Å²) in [6, 6.07) is 8.80. The van der Waals surface area contributed by atoms with E-state index in [1.807, 2.05) is 18.2 Å². The summed E-state index contributed by atoms with van der Waals surface area (Å²) in [6.45, 7) is 6.80. The molecule has 6 heteroatoms. The van der Waals surface area contributed by atoms with Gasteiger partial charge in [-0.1, -0.05) is 43.7 Å². The zero-order valence-electron chi connectivity index (χ0n) is 16.0. The molecule has 2 N–H and O–H groups in total. The van der Waals surface area contributed by atoms with Crippen LogP contribution in [0.2, 0.25) is 0 Å². The molecule has 0 saturated heterocycles. The Morgan fingerprint density at radius 3 is 2.73 bits per heavy atom. The van der Waals surface area contributed by atoms with E-state index in [-0.39, 0.29) is 24.0 Å². The van der Waals surface area contributed by atoms with Crippen LogP contribution in [0, 0.1) is 0 Å². The fourth-order valence-electron chi connectivity index (χ4n) is 3.22. The predicted molar refractivity (Wildman–Crippen MR) is 121 cm³/mol. The minimum Gasteiger partial charge on any atom is -0.489 e. The van der Waals surface area contributed by atoms with E-state index < -0.39 is 0 Å². The fourth-order valence-corrected chi connectivity index (χ4v) is 3.22. The summed E-state index contributed by atoms with van der Waals surface area (Å²) in [4.78, 5) is 6.77. The lowest BCUT2D eigenvalue weighted by atomic mass is 10.2. The molecule has 26 heavy (non-hydrogen) atoms. The summed E-state index contributed by atoms with van der Waals surface area (Å²) >= 11 is 0. The third-order valence-corrected chi connectivity index (χ3v) is 4.70. The van der Waals surface area contributed by atoms with E-state index in [1.165, 1.54) is 25.7 Å². The topological polar surface area (TPSA) is 48.9 Å². The average molecular weight is 472 g/mol. The summed E-state index contributed by atoms with van der Waals surface area (Å²) < 4.78 is 5.70. The van der Waals surface area contributed by atoms with Crippen molar-refractivity contribution < 1.29 is 4.74 Å². The minimum absolute atomic E-state index is 0. The Bertz CT molecular complexity index is 558. The van der Waals surface area contributed by atoms with E-state index in [1.54, 1.807) is 13.1 Å². The number of halogens is 1. The second-order valence-electron chi connectivity index (χ2n) is 6.48. The maximum Gasteiger partial charge on any atom is 0.191 e. The van der Waals surface area contributed by atoms with Crippen LogP contribution in [0.15, 0.2) is 41.9 Å². The Hall–Kier alpha value is -1.28. The van der Waals surface area contributed by atoms with Crippen molar-refractivity contribution in [3.05, 3.63) is 42.5 Å². The van der Waals surface area contributed by atoms with E-state index in [0.717, 1.165) is 36.4 Å². The molecule has 0 atom stereocenters. The van der Waals surface area contributed by atoms with Crippen LogP contribution in [0.4, 0.5) is 0 Å². The van der Waals surface area contributed by atoms with Gasteiger partial charge in [0.2, 0.25) is 0 Å². The molecule has 2 rings (SSSR count). The van der Waals surface area contributed by atoms with Crippen molar-refractivity contribution in [3.63, 3.8) is 0 Å². The Balaban J connectivity index is 0.00000338. The molecule has 1 saturated carbocycles. The van der Waals surface area contributed by atoms with Gasteiger partial charge in [0.25, 0.3) is 0 Å². The highest BCUT2D eigenvalue weighted by Crippen LogP contribution is 2.21. The first kappa shape index (κ1) is 22.8. The number of guanidine groups is 1. The van der Waals surface area contributed by atoms with Crippen molar-refractivity contribution in [3.8, 4) is 5.75 Å². The molecule has 1 aromatic rings. The Morgan fingerprint density at radius 2 is 2.04 bits per heavy atom. The van der Waals surface area contributed by atoms with Gasteiger partial charge in [-0.05, 0) is 26.0 Å². The lowest BCUT2D eigenvalue weighted by molar-refractivity contribution is 0.249. The Labute approximate surface area is 175 Å². The largest absolute Gasteiger partial charge is 0.489 e. The first-order valence-electron chi connectivity index (χ1n) is 9.21. The molecule has 0 aliphatic heterocycles. The number of likely N-dealkylation sites (N-methyl/N-ethyl adjacent to an activating group) is 1. The lowest BCUT2D eigenvalue weighted by Gasteiger charge is -2.24. The fraction of sp³-hybridized carbons (Fsp3) is 0.550. The molecule has 1 aliphatic rings. The number of nitrogens with zero attached hydrogens (tertiary/aromatic N) is 2. The van der Waals surface area contributed by atoms with Crippen molar-refractivity contribution in [1.29, 1.82) is 0 Å². The Kier molecular flexibility index (Phi) is 11.4. The van der Waals surface area contributed by atoms with E-state index >= 15 is 0 Å². The summed E-state index contributed by atoms with van der Waals surface area (Å²) in [5, 5.41) is 6.76. The van der Waals surface area contributed by atoms with E-state index in [4.69, 9.17) is 4.74 Å². The molecule has 0 spiro atoms. The summed E-state index contributed by atoms with van der Waals surface area (Å²) in [7, 11) is 4.02. The van der Waals surface area contributed by atoms with Crippen LogP contribution in [0.1, 0.15) is 31.2 Å². The van der Waals surface area contributed by atoms with Crippen LogP contribution in [0.5, 0.6) is 5.75 Å². The minimum atomic E-state index is 0. The smallest absolute Gasteiger partial charge is 0.191 e. The standard InChI is InChI=1S/C20H32N4O.HI/c1-4-15-25-19-12-8-5-9-17(19)16-23-20(21-2)22-13-14-24(3)18-10-6-7-11-18;/h4-5,8-9,12,18H,1,6-7,10-11,13-16H2,2-3H3,(H2,21,22,23);1H. The van der Waals surface area contributed by atoms with Crippen molar-refractivity contribution >= 4 is 29.9 Å². The molecule has 1 fully saturated rings. The number of hydrogen-bond acceptors (Lipinski definition) is 3. The van der Waals surface area contributed by atoms with Crippen molar-refractivity contribution in [2.24, 2.45) is 4.99 Å². The predicted octanol–water partition coefficient (Wildman–Crippen LogP) is 3.41. The highest BCUT2D eigenvalue weighted by molar-refractivity contribution is 14.0. The normalized spacial score (nSPS) is 14.8. The summed E-state index contributed by atoms with van der Waals surface area (Å²) in [5.74, 6) is 1.70. The third kappa shape index (κ3) is 7.53. The molecule has 0 amide bonds. The van der Waals surface area contributed by atoms with Gasteiger partial charge in [-0.25, -0.2) is 0 Å². The van der Waals surface area contributed by atoms with Gasteiger partial charge in [0.15, 0.2) is 5.96 Å². The molecule has 0 unspecified atom stereocenters. The molecule has 5 nitrogen and oxygen atoms in total. The summed E-state index contributed by atoms with van der Waals surface area (Å²) in [6.07, 6.45) is 7.18. The quantitative estimate of drug-likeness (QED) is 0.250. The van der Waals surface area contributed by atoms with E-state index in [9.17, 15) is 0 Å². The van der Waals surface area contributed by atoms with Crippen molar-refractivity contribution in [2.45, 2.75) is 38.3 Å². The number of nitrogens with one attached hydrogen (secondary N) is 2. The second-order valence-corrected chi connectivity index (χ2v) is 6.48. The van der Waals surface area contributed by atoms with Gasteiger partial charge in [-0.3, -0.25) is 4.99 Å². The van der Waals surface area contributed by atoms with Crippen LogP contribution >= 0.6 is 24.0 Å². The number of rotatable bonds is 9. The van der Waals surface area contributed by atoms with Crippen LogP contribution < -0.4 is 15.4 Å². The number of para-hydroxylation sites is 1. The van der Waals surface area contributed by atoms with Crippen molar-refractivity contribution in [2.75, 3.05) is 33.8 Å². The number of ether oxygens (including phenoxy) is 1.